The van der Waals surface area contributed by atoms with E-state index in [0.29, 0.717) is 0 Å². The third kappa shape index (κ3) is 8.15. The number of nitrogens with one attached hydrogen (secondary N) is 1. The minimum atomic E-state index is 0.732. The van der Waals surface area contributed by atoms with Gasteiger partial charge in [0.2, 0.25) is 0 Å². The maximum atomic E-state index is 3.47. The molecule has 2 atom stereocenters. The van der Waals surface area contributed by atoms with Crippen LogP contribution in [0.1, 0.15) is 72.6 Å². The molecule has 0 aliphatic rings. The van der Waals surface area contributed by atoms with E-state index in [2.05, 4.69) is 40.1 Å². The molecule has 0 bridgehead atoms. The summed E-state index contributed by atoms with van der Waals surface area (Å²) in [6, 6.07) is 0.732. The number of hydrogen-bond acceptors (Lipinski definition) is 1. The molecule has 0 aromatic rings. The highest BCUT2D eigenvalue weighted by molar-refractivity contribution is 4.69. The van der Waals surface area contributed by atoms with Gasteiger partial charge in [0, 0.05) is 6.04 Å². The van der Waals surface area contributed by atoms with Gasteiger partial charge in [0.05, 0.1) is 0 Å². The fraction of sp³-hybridized carbons (Fsp3) is 1.00. The van der Waals surface area contributed by atoms with E-state index in [-0.39, 0.29) is 0 Å². The van der Waals surface area contributed by atoms with Gasteiger partial charge in [0.1, 0.15) is 0 Å². The molecule has 2 unspecified atom stereocenters. The van der Waals surface area contributed by atoms with Crippen molar-refractivity contribution in [1.29, 1.82) is 0 Å². The number of unbranched alkanes of at least 4 members (excludes halogenated alkanes) is 1. The predicted octanol–water partition coefficient (Wildman–Crippen LogP) is 4.62. The van der Waals surface area contributed by atoms with Crippen molar-refractivity contribution >= 4 is 0 Å². The van der Waals surface area contributed by atoms with Crippen molar-refractivity contribution in [2.24, 2.45) is 11.8 Å². The van der Waals surface area contributed by atoms with Gasteiger partial charge in [-0.3, -0.25) is 0 Å². The first kappa shape index (κ1) is 16.0. The van der Waals surface area contributed by atoms with Gasteiger partial charge in [0.15, 0.2) is 0 Å². The Balaban J connectivity index is 3.78. The maximum Gasteiger partial charge on any atom is 0.00666 e. The van der Waals surface area contributed by atoms with Crippen LogP contribution >= 0.6 is 0 Å². The zero-order valence-corrected chi connectivity index (χ0v) is 12.2. The van der Waals surface area contributed by atoms with Crippen LogP contribution in [0, 0.1) is 11.8 Å². The first-order valence-electron chi connectivity index (χ1n) is 7.31. The Morgan fingerprint density at radius 1 is 1.00 bits per heavy atom. The lowest BCUT2D eigenvalue weighted by molar-refractivity contribution is 0.349. The summed E-state index contributed by atoms with van der Waals surface area (Å²) in [4.78, 5) is 0. The van der Waals surface area contributed by atoms with Gasteiger partial charge >= 0.3 is 0 Å². The van der Waals surface area contributed by atoms with Crippen LogP contribution in [0.3, 0.4) is 0 Å². The lowest BCUT2D eigenvalue weighted by Crippen LogP contribution is -2.27. The van der Waals surface area contributed by atoms with Gasteiger partial charge in [-0.1, -0.05) is 53.4 Å². The number of hydrogen-bond donors (Lipinski definition) is 1. The molecule has 0 aliphatic carbocycles. The second kappa shape index (κ2) is 10.1. The molecular weight excluding hydrogens is 194 g/mol. The van der Waals surface area contributed by atoms with Crippen LogP contribution < -0.4 is 5.32 Å². The molecule has 16 heavy (non-hydrogen) atoms. The van der Waals surface area contributed by atoms with Gasteiger partial charge in [-0.2, -0.15) is 0 Å². The van der Waals surface area contributed by atoms with E-state index >= 15 is 0 Å². The summed E-state index contributed by atoms with van der Waals surface area (Å²) >= 11 is 0. The fourth-order valence-electron chi connectivity index (χ4n) is 2.43. The predicted molar refractivity (Wildman–Crippen MR) is 74.8 cm³/mol. The summed E-state index contributed by atoms with van der Waals surface area (Å²) in [5.74, 6) is 1.77. The molecule has 1 N–H and O–H groups in total. The number of rotatable bonds is 10. The molecule has 0 spiro atoms. The van der Waals surface area contributed by atoms with Crippen molar-refractivity contribution < 1.29 is 0 Å². The first-order chi connectivity index (χ1) is 7.63. The van der Waals surface area contributed by atoms with E-state index < -0.39 is 0 Å². The Morgan fingerprint density at radius 2 is 1.69 bits per heavy atom. The summed E-state index contributed by atoms with van der Waals surface area (Å²) in [6.07, 6.45) is 9.64. The second-order valence-electron chi connectivity index (χ2n) is 5.61. The zero-order chi connectivity index (χ0) is 12.4. The van der Waals surface area contributed by atoms with E-state index in [4.69, 9.17) is 0 Å². The quantitative estimate of drug-likeness (QED) is 0.574. The van der Waals surface area contributed by atoms with E-state index in [9.17, 15) is 0 Å². The standard InChI is InChI=1S/C15H33N/c1-6-8-9-14(7-2)10-11-15(16-5)12-13(3)4/h13-16H,6-12H2,1-5H3. The summed E-state index contributed by atoms with van der Waals surface area (Å²) < 4.78 is 0. The summed E-state index contributed by atoms with van der Waals surface area (Å²) in [5.41, 5.74) is 0. The average molecular weight is 227 g/mol. The van der Waals surface area contributed by atoms with Crippen molar-refractivity contribution in [2.45, 2.75) is 78.7 Å². The normalized spacial score (nSPS) is 15.4. The van der Waals surface area contributed by atoms with Crippen LogP contribution in [-0.4, -0.2) is 13.1 Å². The molecule has 0 aliphatic heterocycles. The van der Waals surface area contributed by atoms with Gasteiger partial charge in [-0.15, -0.1) is 0 Å². The molecule has 98 valence electrons. The van der Waals surface area contributed by atoms with Crippen LogP contribution in [0.15, 0.2) is 0 Å². The minimum absolute atomic E-state index is 0.732. The lowest BCUT2D eigenvalue weighted by atomic mass is 9.90. The molecule has 0 heterocycles. The second-order valence-corrected chi connectivity index (χ2v) is 5.61. The Labute approximate surface area is 103 Å². The maximum absolute atomic E-state index is 3.47. The molecule has 1 heteroatoms. The van der Waals surface area contributed by atoms with E-state index in [1.807, 2.05) is 0 Å². The van der Waals surface area contributed by atoms with Gasteiger partial charge in [-0.25, -0.2) is 0 Å². The molecule has 0 amide bonds. The molecule has 0 aromatic carbocycles. The molecular formula is C15H33N. The zero-order valence-electron chi connectivity index (χ0n) is 12.2. The largest absolute Gasteiger partial charge is 0.317 e. The van der Waals surface area contributed by atoms with Crippen molar-refractivity contribution in [1.82, 2.24) is 5.32 Å². The molecule has 0 rings (SSSR count). The summed E-state index contributed by atoms with van der Waals surface area (Å²) in [6.45, 7) is 9.27. The van der Waals surface area contributed by atoms with Crippen molar-refractivity contribution in [3.8, 4) is 0 Å². The van der Waals surface area contributed by atoms with Crippen molar-refractivity contribution in [2.75, 3.05) is 7.05 Å². The highest BCUT2D eigenvalue weighted by Gasteiger charge is 2.12. The molecule has 0 radical (unpaired) electrons. The van der Waals surface area contributed by atoms with Crippen LogP contribution in [0.25, 0.3) is 0 Å². The monoisotopic (exact) mass is 227 g/mol. The third-order valence-electron chi connectivity index (χ3n) is 3.63. The average Bonchev–Trinajstić information content (AvgIpc) is 2.27. The van der Waals surface area contributed by atoms with Crippen LogP contribution in [0.5, 0.6) is 0 Å². The van der Waals surface area contributed by atoms with E-state index in [0.717, 1.165) is 17.9 Å². The summed E-state index contributed by atoms with van der Waals surface area (Å²) in [5, 5.41) is 3.47. The van der Waals surface area contributed by atoms with Gasteiger partial charge in [0.25, 0.3) is 0 Å². The smallest absolute Gasteiger partial charge is 0.00666 e. The topological polar surface area (TPSA) is 12.0 Å². The summed E-state index contributed by atoms with van der Waals surface area (Å²) in [7, 11) is 2.11. The molecule has 0 fully saturated rings. The molecule has 0 saturated heterocycles. The Hall–Kier alpha value is -0.0400. The highest BCUT2D eigenvalue weighted by atomic mass is 14.9. The molecule has 0 saturated carbocycles. The van der Waals surface area contributed by atoms with Crippen molar-refractivity contribution in [3.05, 3.63) is 0 Å². The van der Waals surface area contributed by atoms with Gasteiger partial charge < -0.3 is 5.32 Å². The highest BCUT2D eigenvalue weighted by Crippen LogP contribution is 2.21. The van der Waals surface area contributed by atoms with Crippen LogP contribution in [0.2, 0.25) is 0 Å². The fourth-order valence-corrected chi connectivity index (χ4v) is 2.43. The Bertz CT molecular complexity index is 142. The lowest BCUT2D eigenvalue weighted by Gasteiger charge is -2.21. The molecule has 0 aromatic heterocycles. The third-order valence-corrected chi connectivity index (χ3v) is 3.63. The first-order valence-corrected chi connectivity index (χ1v) is 7.31. The minimum Gasteiger partial charge on any atom is -0.317 e. The van der Waals surface area contributed by atoms with Gasteiger partial charge in [-0.05, 0) is 38.1 Å². The van der Waals surface area contributed by atoms with E-state index in [1.54, 1.807) is 0 Å². The van der Waals surface area contributed by atoms with E-state index in [1.165, 1.54) is 44.9 Å². The molecule has 1 nitrogen and oxygen atoms in total. The SMILES string of the molecule is CCCCC(CC)CCC(CC(C)C)NC. The van der Waals surface area contributed by atoms with Crippen LogP contribution in [0.4, 0.5) is 0 Å². The van der Waals surface area contributed by atoms with Crippen LogP contribution in [-0.2, 0) is 0 Å². The Morgan fingerprint density at radius 3 is 2.12 bits per heavy atom. The Kier molecular flexibility index (Phi) is 10.1. The van der Waals surface area contributed by atoms with Crippen molar-refractivity contribution in [3.63, 3.8) is 0 Å².